The molecule has 0 aliphatic carbocycles. The van der Waals surface area contributed by atoms with Gasteiger partial charge in [0.1, 0.15) is 0 Å². The Labute approximate surface area is 90.3 Å². The lowest BCUT2D eigenvalue weighted by Crippen LogP contribution is -2.10. The van der Waals surface area contributed by atoms with Crippen LogP contribution in [0.15, 0.2) is 30.6 Å². The lowest BCUT2D eigenvalue weighted by atomic mass is 10.0. The van der Waals surface area contributed by atoms with Crippen LogP contribution in [0.2, 0.25) is 0 Å². The second-order valence-corrected chi connectivity index (χ2v) is 3.87. The molecule has 2 rings (SSSR count). The normalized spacial score (nSPS) is 10.8. The van der Waals surface area contributed by atoms with Gasteiger partial charge in [-0.2, -0.15) is 0 Å². The van der Waals surface area contributed by atoms with Crippen LogP contribution < -0.4 is 5.32 Å². The summed E-state index contributed by atoms with van der Waals surface area (Å²) in [5.74, 6) is 0. The third-order valence-corrected chi connectivity index (χ3v) is 2.69. The summed E-state index contributed by atoms with van der Waals surface area (Å²) in [5.41, 5.74) is 2.61. The second kappa shape index (κ2) is 4.41. The molecule has 0 bridgehead atoms. The lowest BCUT2D eigenvalue weighted by Gasteiger charge is -2.04. The van der Waals surface area contributed by atoms with Gasteiger partial charge in [-0.05, 0) is 49.5 Å². The van der Waals surface area contributed by atoms with Gasteiger partial charge in [0.15, 0.2) is 0 Å². The molecule has 0 aliphatic heterocycles. The fourth-order valence-electron chi connectivity index (χ4n) is 1.80. The molecule has 0 unspecified atom stereocenters. The Kier molecular flexibility index (Phi) is 2.97. The van der Waals surface area contributed by atoms with E-state index in [0.717, 1.165) is 13.0 Å². The minimum atomic E-state index is 1.02. The minimum absolute atomic E-state index is 1.02. The van der Waals surface area contributed by atoms with Crippen LogP contribution in [0.25, 0.3) is 10.8 Å². The largest absolute Gasteiger partial charge is 0.319 e. The van der Waals surface area contributed by atoms with Crippen molar-refractivity contribution < 1.29 is 0 Å². The summed E-state index contributed by atoms with van der Waals surface area (Å²) in [5, 5.41) is 5.70. The highest BCUT2D eigenvalue weighted by Crippen LogP contribution is 2.18. The molecule has 0 amide bonds. The van der Waals surface area contributed by atoms with Crippen LogP contribution >= 0.6 is 0 Å². The number of benzene rings is 1. The van der Waals surface area contributed by atoms with Crippen molar-refractivity contribution in [2.75, 3.05) is 13.6 Å². The SMILES string of the molecule is CNCCc1ccc2c(C)cncc2c1. The van der Waals surface area contributed by atoms with Gasteiger partial charge in [-0.3, -0.25) is 4.98 Å². The smallest absolute Gasteiger partial charge is 0.0346 e. The van der Waals surface area contributed by atoms with E-state index in [1.807, 2.05) is 19.4 Å². The molecule has 78 valence electrons. The molecule has 0 radical (unpaired) electrons. The first-order valence-electron chi connectivity index (χ1n) is 5.29. The molecule has 1 N–H and O–H groups in total. The van der Waals surface area contributed by atoms with Gasteiger partial charge in [-0.25, -0.2) is 0 Å². The van der Waals surface area contributed by atoms with Crippen LogP contribution in [0.5, 0.6) is 0 Å². The van der Waals surface area contributed by atoms with Gasteiger partial charge >= 0.3 is 0 Å². The molecule has 1 aromatic heterocycles. The highest BCUT2D eigenvalue weighted by atomic mass is 14.8. The zero-order valence-corrected chi connectivity index (χ0v) is 9.25. The van der Waals surface area contributed by atoms with Crippen molar-refractivity contribution in [2.24, 2.45) is 0 Å². The molecule has 0 fully saturated rings. The van der Waals surface area contributed by atoms with Crippen molar-refractivity contribution in [3.63, 3.8) is 0 Å². The van der Waals surface area contributed by atoms with Crippen LogP contribution in [-0.2, 0) is 6.42 Å². The monoisotopic (exact) mass is 200 g/mol. The summed E-state index contributed by atoms with van der Waals surface area (Å²) in [7, 11) is 1.98. The van der Waals surface area contributed by atoms with Crippen LogP contribution in [0.4, 0.5) is 0 Å². The van der Waals surface area contributed by atoms with Crippen LogP contribution in [0.1, 0.15) is 11.1 Å². The van der Waals surface area contributed by atoms with E-state index in [9.17, 15) is 0 Å². The lowest BCUT2D eigenvalue weighted by molar-refractivity contribution is 0.792. The maximum atomic E-state index is 4.22. The summed E-state index contributed by atoms with van der Waals surface area (Å²) in [6, 6.07) is 6.62. The van der Waals surface area contributed by atoms with E-state index >= 15 is 0 Å². The molecule has 0 saturated heterocycles. The van der Waals surface area contributed by atoms with Gasteiger partial charge in [0.2, 0.25) is 0 Å². The Morgan fingerprint density at radius 2 is 2.13 bits per heavy atom. The van der Waals surface area contributed by atoms with Crippen LogP contribution in [0, 0.1) is 6.92 Å². The van der Waals surface area contributed by atoms with Gasteiger partial charge in [-0.15, -0.1) is 0 Å². The van der Waals surface area contributed by atoms with Crippen molar-refractivity contribution in [1.82, 2.24) is 10.3 Å². The maximum absolute atomic E-state index is 4.22. The molecular weight excluding hydrogens is 184 g/mol. The highest BCUT2D eigenvalue weighted by molar-refractivity contribution is 5.85. The molecular formula is C13H16N2. The molecule has 2 nitrogen and oxygen atoms in total. The third-order valence-electron chi connectivity index (χ3n) is 2.69. The van der Waals surface area contributed by atoms with Gasteiger partial charge < -0.3 is 5.32 Å². The molecule has 0 spiro atoms. The Morgan fingerprint density at radius 3 is 2.93 bits per heavy atom. The number of likely N-dealkylation sites (N-methyl/N-ethyl adjacent to an activating group) is 1. The predicted molar refractivity (Wildman–Crippen MR) is 64.1 cm³/mol. The van der Waals surface area contributed by atoms with E-state index in [-0.39, 0.29) is 0 Å². The van der Waals surface area contributed by atoms with Crippen molar-refractivity contribution in [3.05, 3.63) is 41.7 Å². The van der Waals surface area contributed by atoms with Gasteiger partial charge in [0, 0.05) is 17.8 Å². The van der Waals surface area contributed by atoms with Crippen LogP contribution in [0.3, 0.4) is 0 Å². The number of fused-ring (bicyclic) bond motifs is 1. The maximum Gasteiger partial charge on any atom is 0.0346 e. The molecule has 2 aromatic rings. The molecule has 2 heteroatoms. The first-order valence-corrected chi connectivity index (χ1v) is 5.29. The standard InChI is InChI=1S/C13H16N2/c1-10-8-15-9-12-7-11(5-6-14-2)3-4-13(10)12/h3-4,7-9,14H,5-6H2,1-2H3. The van der Waals surface area contributed by atoms with Crippen molar-refractivity contribution in [2.45, 2.75) is 13.3 Å². The first-order chi connectivity index (χ1) is 7.31. The number of aromatic nitrogens is 1. The van der Waals surface area contributed by atoms with E-state index in [0.29, 0.717) is 0 Å². The van der Waals surface area contributed by atoms with Crippen molar-refractivity contribution >= 4 is 10.8 Å². The van der Waals surface area contributed by atoms with E-state index in [4.69, 9.17) is 0 Å². The molecule has 1 aromatic carbocycles. The summed E-state index contributed by atoms with van der Waals surface area (Å²) < 4.78 is 0. The fraction of sp³-hybridized carbons (Fsp3) is 0.308. The number of nitrogens with one attached hydrogen (secondary N) is 1. The number of hydrogen-bond acceptors (Lipinski definition) is 2. The Balaban J connectivity index is 2.39. The molecule has 1 heterocycles. The fourth-order valence-corrected chi connectivity index (χ4v) is 1.80. The minimum Gasteiger partial charge on any atom is -0.319 e. The Morgan fingerprint density at radius 1 is 1.27 bits per heavy atom. The van der Waals surface area contributed by atoms with Gasteiger partial charge in [0.25, 0.3) is 0 Å². The number of pyridine rings is 1. The first kappa shape index (κ1) is 10.1. The Hall–Kier alpha value is -1.41. The summed E-state index contributed by atoms with van der Waals surface area (Å²) in [6.45, 7) is 3.12. The molecule has 0 aliphatic rings. The summed E-state index contributed by atoms with van der Waals surface area (Å²) >= 11 is 0. The quantitative estimate of drug-likeness (QED) is 0.822. The molecule has 0 saturated carbocycles. The van der Waals surface area contributed by atoms with E-state index in [2.05, 4.69) is 35.4 Å². The van der Waals surface area contributed by atoms with E-state index in [1.165, 1.54) is 21.9 Å². The van der Waals surface area contributed by atoms with E-state index < -0.39 is 0 Å². The van der Waals surface area contributed by atoms with Crippen molar-refractivity contribution in [3.8, 4) is 0 Å². The number of aryl methyl sites for hydroxylation is 1. The molecule has 0 atom stereocenters. The number of nitrogens with zero attached hydrogens (tertiary/aromatic N) is 1. The zero-order valence-electron chi connectivity index (χ0n) is 9.25. The average molecular weight is 200 g/mol. The van der Waals surface area contributed by atoms with E-state index in [1.54, 1.807) is 0 Å². The topological polar surface area (TPSA) is 24.9 Å². The van der Waals surface area contributed by atoms with Gasteiger partial charge in [-0.1, -0.05) is 12.1 Å². The van der Waals surface area contributed by atoms with Crippen molar-refractivity contribution in [1.29, 1.82) is 0 Å². The zero-order chi connectivity index (χ0) is 10.7. The van der Waals surface area contributed by atoms with Crippen LogP contribution in [-0.4, -0.2) is 18.6 Å². The summed E-state index contributed by atoms with van der Waals surface area (Å²) in [4.78, 5) is 4.22. The Bertz CT molecular complexity index is 463. The second-order valence-electron chi connectivity index (χ2n) is 3.87. The number of rotatable bonds is 3. The highest BCUT2D eigenvalue weighted by Gasteiger charge is 1.98. The predicted octanol–water partition coefficient (Wildman–Crippen LogP) is 2.31. The average Bonchev–Trinajstić information content (AvgIpc) is 2.26. The van der Waals surface area contributed by atoms with Gasteiger partial charge in [0.05, 0.1) is 0 Å². The summed E-state index contributed by atoms with van der Waals surface area (Å²) in [6.07, 6.45) is 4.92. The number of hydrogen-bond donors (Lipinski definition) is 1. The molecule has 15 heavy (non-hydrogen) atoms. The third kappa shape index (κ3) is 2.16.